The van der Waals surface area contributed by atoms with Crippen LogP contribution in [-0.2, 0) is 14.3 Å². The Labute approximate surface area is 111 Å². The minimum absolute atomic E-state index is 0.329. The minimum Gasteiger partial charge on any atom is -0.465 e. The predicted molar refractivity (Wildman–Crippen MR) is 73.4 cm³/mol. The molecule has 0 aromatic carbocycles. The summed E-state index contributed by atoms with van der Waals surface area (Å²) in [5, 5.41) is 0. The van der Waals surface area contributed by atoms with Gasteiger partial charge in [0.05, 0.1) is 6.61 Å². The maximum Gasteiger partial charge on any atom is 0.325 e. The van der Waals surface area contributed by atoms with Crippen LogP contribution < -0.4 is 5.73 Å². The smallest absolute Gasteiger partial charge is 0.325 e. The Bertz CT molecular complexity index is 225. The summed E-state index contributed by atoms with van der Waals surface area (Å²) >= 11 is 0. The number of esters is 1. The summed E-state index contributed by atoms with van der Waals surface area (Å²) in [6.45, 7) is 9.68. The Morgan fingerprint density at radius 1 is 1.28 bits per heavy atom. The second-order valence-corrected chi connectivity index (χ2v) is 5.00. The summed E-state index contributed by atoms with van der Waals surface area (Å²) in [7, 11) is 0. The lowest BCUT2D eigenvalue weighted by Gasteiger charge is -2.22. The van der Waals surface area contributed by atoms with Crippen LogP contribution >= 0.6 is 0 Å². The van der Waals surface area contributed by atoms with E-state index < -0.39 is 5.54 Å². The van der Waals surface area contributed by atoms with Gasteiger partial charge in [-0.1, -0.05) is 26.7 Å². The molecule has 1 unspecified atom stereocenters. The van der Waals surface area contributed by atoms with Gasteiger partial charge < -0.3 is 15.2 Å². The van der Waals surface area contributed by atoms with E-state index in [1.807, 2.05) is 0 Å². The van der Waals surface area contributed by atoms with Crippen LogP contribution in [0.3, 0.4) is 0 Å². The highest BCUT2D eigenvalue weighted by Crippen LogP contribution is 2.12. The molecule has 0 heterocycles. The van der Waals surface area contributed by atoms with Crippen LogP contribution in [0.15, 0.2) is 0 Å². The first kappa shape index (κ1) is 17.4. The van der Waals surface area contributed by atoms with Crippen molar-refractivity contribution < 1.29 is 14.3 Å². The molecule has 4 heteroatoms. The van der Waals surface area contributed by atoms with E-state index in [2.05, 4.69) is 13.8 Å². The fourth-order valence-electron chi connectivity index (χ4n) is 1.71. The molecule has 18 heavy (non-hydrogen) atoms. The highest BCUT2D eigenvalue weighted by atomic mass is 16.5. The molecular weight excluding hydrogens is 230 g/mol. The summed E-state index contributed by atoms with van der Waals surface area (Å²) in [6, 6.07) is 0. The third-order valence-corrected chi connectivity index (χ3v) is 3.23. The SMILES string of the molecule is CCOC(=O)C(C)(N)CCCOCC(CC)CC. The van der Waals surface area contributed by atoms with Gasteiger partial charge in [0.25, 0.3) is 0 Å². The van der Waals surface area contributed by atoms with E-state index in [9.17, 15) is 4.79 Å². The predicted octanol–water partition coefficient (Wildman–Crippen LogP) is 2.50. The van der Waals surface area contributed by atoms with Crippen molar-refractivity contribution in [2.24, 2.45) is 11.7 Å². The highest BCUT2D eigenvalue weighted by Gasteiger charge is 2.29. The molecule has 0 aliphatic rings. The van der Waals surface area contributed by atoms with E-state index in [1.165, 1.54) is 0 Å². The molecule has 0 aromatic heterocycles. The molecule has 0 aromatic rings. The molecule has 0 aliphatic heterocycles. The Morgan fingerprint density at radius 2 is 1.89 bits per heavy atom. The lowest BCUT2D eigenvalue weighted by molar-refractivity contribution is -0.149. The first-order valence-corrected chi connectivity index (χ1v) is 7.01. The maximum absolute atomic E-state index is 11.5. The van der Waals surface area contributed by atoms with Crippen LogP contribution in [0.1, 0.15) is 53.4 Å². The Balaban J connectivity index is 3.73. The van der Waals surface area contributed by atoms with Crippen molar-refractivity contribution in [3.63, 3.8) is 0 Å². The summed E-state index contributed by atoms with van der Waals surface area (Å²) < 4.78 is 10.5. The van der Waals surface area contributed by atoms with Crippen molar-refractivity contribution in [1.82, 2.24) is 0 Å². The first-order valence-electron chi connectivity index (χ1n) is 7.01. The van der Waals surface area contributed by atoms with Gasteiger partial charge in [0.15, 0.2) is 0 Å². The number of carbonyl (C=O) groups is 1. The molecule has 0 aliphatic carbocycles. The van der Waals surface area contributed by atoms with Crippen molar-refractivity contribution in [3.05, 3.63) is 0 Å². The summed E-state index contributed by atoms with van der Waals surface area (Å²) in [6.07, 6.45) is 3.67. The number of hydrogen-bond donors (Lipinski definition) is 1. The number of nitrogens with two attached hydrogens (primary N) is 1. The van der Waals surface area contributed by atoms with Gasteiger partial charge in [0.2, 0.25) is 0 Å². The van der Waals surface area contributed by atoms with E-state index in [4.69, 9.17) is 15.2 Å². The average Bonchev–Trinajstić information content (AvgIpc) is 2.34. The molecule has 2 N–H and O–H groups in total. The average molecular weight is 259 g/mol. The number of ether oxygens (including phenoxy) is 2. The quantitative estimate of drug-likeness (QED) is 0.483. The van der Waals surface area contributed by atoms with Crippen LogP contribution in [0.4, 0.5) is 0 Å². The number of carbonyl (C=O) groups excluding carboxylic acids is 1. The zero-order chi connectivity index (χ0) is 14.0. The van der Waals surface area contributed by atoms with Crippen molar-refractivity contribution in [2.75, 3.05) is 19.8 Å². The topological polar surface area (TPSA) is 61.5 Å². The highest BCUT2D eigenvalue weighted by molar-refractivity contribution is 5.79. The zero-order valence-electron chi connectivity index (χ0n) is 12.3. The van der Waals surface area contributed by atoms with Crippen molar-refractivity contribution in [3.8, 4) is 0 Å². The van der Waals surface area contributed by atoms with Gasteiger partial charge in [-0.25, -0.2) is 0 Å². The summed E-state index contributed by atoms with van der Waals surface area (Å²) in [5.74, 6) is 0.310. The monoisotopic (exact) mass is 259 g/mol. The van der Waals surface area contributed by atoms with Crippen LogP contribution in [-0.4, -0.2) is 31.3 Å². The molecule has 0 bridgehead atoms. The summed E-state index contributed by atoms with van der Waals surface area (Å²) in [4.78, 5) is 11.5. The second-order valence-electron chi connectivity index (χ2n) is 5.00. The van der Waals surface area contributed by atoms with Crippen molar-refractivity contribution >= 4 is 5.97 Å². The third-order valence-electron chi connectivity index (χ3n) is 3.23. The Hall–Kier alpha value is -0.610. The normalized spacial score (nSPS) is 14.6. The second kappa shape index (κ2) is 9.34. The van der Waals surface area contributed by atoms with E-state index in [0.29, 0.717) is 25.6 Å². The molecule has 0 saturated heterocycles. The standard InChI is InChI=1S/C14H29NO3/c1-5-12(6-2)11-17-10-8-9-14(4,15)13(16)18-7-3/h12H,5-11,15H2,1-4H3. The van der Waals surface area contributed by atoms with Gasteiger partial charge in [0, 0.05) is 13.2 Å². The molecule has 0 fully saturated rings. The van der Waals surface area contributed by atoms with Crippen molar-refractivity contribution in [1.29, 1.82) is 0 Å². The minimum atomic E-state index is -0.895. The van der Waals surface area contributed by atoms with Crippen LogP contribution in [0.2, 0.25) is 0 Å². The van der Waals surface area contributed by atoms with E-state index in [1.54, 1.807) is 13.8 Å². The van der Waals surface area contributed by atoms with Gasteiger partial charge in [-0.3, -0.25) is 4.79 Å². The zero-order valence-corrected chi connectivity index (χ0v) is 12.3. The van der Waals surface area contributed by atoms with Gasteiger partial charge in [-0.15, -0.1) is 0 Å². The van der Waals surface area contributed by atoms with Crippen molar-refractivity contribution in [2.45, 2.75) is 58.9 Å². The molecule has 108 valence electrons. The van der Waals surface area contributed by atoms with Crippen LogP contribution in [0.5, 0.6) is 0 Å². The van der Waals surface area contributed by atoms with E-state index in [-0.39, 0.29) is 5.97 Å². The van der Waals surface area contributed by atoms with E-state index >= 15 is 0 Å². The lowest BCUT2D eigenvalue weighted by Crippen LogP contribution is -2.46. The molecule has 0 saturated carbocycles. The Kier molecular flexibility index (Phi) is 9.02. The summed E-state index contributed by atoms with van der Waals surface area (Å²) in [5.41, 5.74) is 5.02. The van der Waals surface area contributed by atoms with E-state index in [0.717, 1.165) is 25.9 Å². The fraction of sp³-hybridized carbons (Fsp3) is 0.929. The lowest BCUT2D eigenvalue weighted by atomic mass is 9.98. The van der Waals surface area contributed by atoms with Gasteiger partial charge in [-0.05, 0) is 32.6 Å². The van der Waals surface area contributed by atoms with Crippen LogP contribution in [0.25, 0.3) is 0 Å². The number of rotatable bonds is 10. The van der Waals surface area contributed by atoms with Crippen LogP contribution in [0, 0.1) is 5.92 Å². The third kappa shape index (κ3) is 6.97. The maximum atomic E-state index is 11.5. The largest absolute Gasteiger partial charge is 0.465 e. The number of hydrogen-bond acceptors (Lipinski definition) is 4. The molecule has 0 rings (SSSR count). The fourth-order valence-corrected chi connectivity index (χ4v) is 1.71. The van der Waals surface area contributed by atoms with Gasteiger partial charge in [0.1, 0.15) is 5.54 Å². The molecule has 1 atom stereocenters. The molecule has 4 nitrogen and oxygen atoms in total. The van der Waals surface area contributed by atoms with Gasteiger partial charge in [-0.2, -0.15) is 0 Å². The molecule has 0 radical (unpaired) electrons. The van der Waals surface area contributed by atoms with Gasteiger partial charge >= 0.3 is 5.97 Å². The molecule has 0 spiro atoms. The first-order chi connectivity index (χ1) is 8.47. The molecular formula is C14H29NO3. The molecule has 0 amide bonds. The Morgan fingerprint density at radius 3 is 2.39 bits per heavy atom.